The van der Waals surface area contributed by atoms with Crippen LogP contribution in [0.4, 0.5) is 10.1 Å². The first kappa shape index (κ1) is 22.2. The smallest absolute Gasteiger partial charge is 0.243 e. The molecule has 5 nitrogen and oxygen atoms in total. The van der Waals surface area contributed by atoms with Gasteiger partial charge in [-0.1, -0.05) is 35.9 Å². The highest BCUT2D eigenvalue weighted by Crippen LogP contribution is 2.15. The number of carbonyl (C=O) groups excluding carboxylic acids is 1. The normalized spacial score (nSPS) is 10.7. The Labute approximate surface area is 174 Å². The molecule has 0 aliphatic rings. The van der Waals surface area contributed by atoms with E-state index in [9.17, 15) is 9.18 Å². The van der Waals surface area contributed by atoms with E-state index in [1.54, 1.807) is 12.1 Å². The number of carbonyl (C=O) groups is 1. The summed E-state index contributed by atoms with van der Waals surface area (Å²) in [6.07, 6.45) is 0. The van der Waals surface area contributed by atoms with Gasteiger partial charge in [-0.2, -0.15) is 0 Å². The highest BCUT2D eigenvalue weighted by atomic mass is 127. The van der Waals surface area contributed by atoms with E-state index in [2.05, 4.69) is 20.9 Å². The van der Waals surface area contributed by atoms with Crippen molar-refractivity contribution >= 4 is 53.1 Å². The standard InChI is InChI=1S/C18H20ClFN4O.HI/c1-2-21-18(22-11-13-6-3-4-9-16(13)19)23-12-17(25)24-15-8-5-7-14(20)10-15;/h3-10H,2,11-12H2,1H3,(H,24,25)(H2,21,22,23);1H. The van der Waals surface area contributed by atoms with Crippen molar-refractivity contribution < 1.29 is 9.18 Å². The maximum atomic E-state index is 13.1. The zero-order valence-electron chi connectivity index (χ0n) is 14.3. The van der Waals surface area contributed by atoms with Gasteiger partial charge in [0.25, 0.3) is 0 Å². The first-order valence-corrected chi connectivity index (χ1v) is 8.27. The summed E-state index contributed by atoms with van der Waals surface area (Å²) in [5.41, 5.74) is 1.30. The maximum absolute atomic E-state index is 13.1. The molecule has 0 heterocycles. The first-order chi connectivity index (χ1) is 12.1. The number of benzene rings is 2. The lowest BCUT2D eigenvalue weighted by Crippen LogP contribution is -2.41. The van der Waals surface area contributed by atoms with Crippen LogP contribution in [0.2, 0.25) is 5.02 Å². The third-order valence-electron chi connectivity index (χ3n) is 3.23. The van der Waals surface area contributed by atoms with E-state index in [1.165, 1.54) is 18.2 Å². The Bertz CT molecular complexity index is 757. The summed E-state index contributed by atoms with van der Waals surface area (Å²) in [6.45, 7) is 2.98. The van der Waals surface area contributed by atoms with Crippen LogP contribution in [0.1, 0.15) is 12.5 Å². The third kappa shape index (κ3) is 7.57. The summed E-state index contributed by atoms with van der Waals surface area (Å²) in [4.78, 5) is 16.4. The fourth-order valence-electron chi connectivity index (χ4n) is 2.07. The Hall–Kier alpha value is -1.87. The molecule has 3 N–H and O–H groups in total. The molecule has 0 saturated heterocycles. The van der Waals surface area contributed by atoms with Gasteiger partial charge in [0.1, 0.15) is 5.82 Å². The Kier molecular flexibility index (Phi) is 9.97. The molecule has 0 aromatic heterocycles. The number of nitrogens with zero attached hydrogens (tertiary/aromatic N) is 1. The molecule has 0 aliphatic carbocycles. The van der Waals surface area contributed by atoms with Crippen LogP contribution in [0.15, 0.2) is 53.5 Å². The molecule has 26 heavy (non-hydrogen) atoms. The molecule has 0 atom stereocenters. The lowest BCUT2D eigenvalue weighted by atomic mass is 10.2. The summed E-state index contributed by atoms with van der Waals surface area (Å²) in [6, 6.07) is 13.2. The zero-order valence-corrected chi connectivity index (χ0v) is 17.3. The van der Waals surface area contributed by atoms with E-state index >= 15 is 0 Å². The van der Waals surface area contributed by atoms with Gasteiger partial charge in [-0.05, 0) is 36.8 Å². The molecule has 0 unspecified atom stereocenters. The molecule has 8 heteroatoms. The predicted octanol–water partition coefficient (Wildman–Crippen LogP) is 3.79. The average Bonchev–Trinajstić information content (AvgIpc) is 2.58. The third-order valence-corrected chi connectivity index (χ3v) is 3.60. The number of hydrogen-bond donors (Lipinski definition) is 3. The fraction of sp³-hybridized carbons (Fsp3) is 0.222. The van der Waals surface area contributed by atoms with Crippen molar-refractivity contribution in [2.45, 2.75) is 13.5 Å². The lowest BCUT2D eigenvalue weighted by molar-refractivity contribution is -0.115. The minimum atomic E-state index is -0.402. The minimum absolute atomic E-state index is 0. The van der Waals surface area contributed by atoms with Gasteiger partial charge >= 0.3 is 0 Å². The topological polar surface area (TPSA) is 65.5 Å². The van der Waals surface area contributed by atoms with Crippen molar-refractivity contribution in [3.05, 3.63) is 64.9 Å². The van der Waals surface area contributed by atoms with Crippen molar-refractivity contribution in [3.63, 3.8) is 0 Å². The van der Waals surface area contributed by atoms with E-state index in [4.69, 9.17) is 11.6 Å². The Morgan fingerprint density at radius 2 is 1.92 bits per heavy atom. The van der Waals surface area contributed by atoms with Gasteiger partial charge < -0.3 is 16.0 Å². The minimum Gasteiger partial charge on any atom is -0.357 e. The predicted molar refractivity (Wildman–Crippen MR) is 115 cm³/mol. The van der Waals surface area contributed by atoms with Gasteiger partial charge in [-0.25, -0.2) is 9.38 Å². The summed E-state index contributed by atoms with van der Waals surface area (Å²) < 4.78 is 13.1. The van der Waals surface area contributed by atoms with Gasteiger partial charge in [0, 0.05) is 17.3 Å². The monoisotopic (exact) mass is 490 g/mol. The first-order valence-electron chi connectivity index (χ1n) is 7.89. The molecule has 0 bridgehead atoms. The molecule has 0 fully saturated rings. The van der Waals surface area contributed by atoms with E-state index in [1.807, 2.05) is 25.1 Å². The second-order valence-electron chi connectivity index (χ2n) is 5.20. The number of anilines is 1. The van der Waals surface area contributed by atoms with Crippen LogP contribution in [0.25, 0.3) is 0 Å². The van der Waals surface area contributed by atoms with Crippen LogP contribution >= 0.6 is 35.6 Å². The van der Waals surface area contributed by atoms with Crippen molar-refractivity contribution in [2.24, 2.45) is 4.99 Å². The number of amides is 1. The average molecular weight is 491 g/mol. The number of halogens is 3. The van der Waals surface area contributed by atoms with Crippen LogP contribution in [-0.4, -0.2) is 25.0 Å². The summed E-state index contributed by atoms with van der Waals surface area (Å²) in [5.74, 6) is -0.203. The summed E-state index contributed by atoms with van der Waals surface area (Å²) in [7, 11) is 0. The van der Waals surface area contributed by atoms with E-state index in [0.717, 1.165) is 5.56 Å². The number of guanidine groups is 1. The van der Waals surface area contributed by atoms with Crippen molar-refractivity contribution in [1.29, 1.82) is 0 Å². The maximum Gasteiger partial charge on any atom is 0.243 e. The Morgan fingerprint density at radius 3 is 2.62 bits per heavy atom. The number of rotatable bonds is 6. The SMILES string of the molecule is CCNC(=NCc1ccccc1Cl)NCC(=O)Nc1cccc(F)c1.I. The number of aliphatic imine (C=N–C) groups is 1. The second-order valence-corrected chi connectivity index (χ2v) is 5.61. The molecule has 140 valence electrons. The van der Waals surface area contributed by atoms with Gasteiger partial charge in [-0.15, -0.1) is 24.0 Å². The quantitative estimate of drug-likeness (QED) is 0.328. The van der Waals surface area contributed by atoms with E-state index in [-0.39, 0.29) is 36.4 Å². The van der Waals surface area contributed by atoms with E-state index < -0.39 is 5.82 Å². The molecule has 1 amide bonds. The van der Waals surface area contributed by atoms with Gasteiger partial charge in [0.05, 0.1) is 13.1 Å². The number of hydrogen-bond acceptors (Lipinski definition) is 2. The second kappa shape index (κ2) is 11.7. The molecular formula is C18H21ClFIN4O. The molecule has 0 aliphatic heterocycles. The number of nitrogens with one attached hydrogen (secondary N) is 3. The van der Waals surface area contributed by atoms with Gasteiger partial charge in [0.2, 0.25) is 5.91 Å². The van der Waals surface area contributed by atoms with Crippen LogP contribution in [0.5, 0.6) is 0 Å². The van der Waals surface area contributed by atoms with Crippen molar-refractivity contribution in [1.82, 2.24) is 10.6 Å². The Balaban J connectivity index is 0.00000338. The molecule has 0 spiro atoms. The fourth-order valence-corrected chi connectivity index (χ4v) is 2.26. The largest absolute Gasteiger partial charge is 0.357 e. The van der Waals surface area contributed by atoms with Crippen LogP contribution in [-0.2, 0) is 11.3 Å². The zero-order chi connectivity index (χ0) is 18.1. The summed E-state index contributed by atoms with van der Waals surface area (Å²) in [5, 5.41) is 9.25. The van der Waals surface area contributed by atoms with Crippen LogP contribution in [0.3, 0.4) is 0 Å². The highest BCUT2D eigenvalue weighted by Gasteiger charge is 2.05. The molecular weight excluding hydrogens is 470 g/mol. The molecule has 2 rings (SSSR count). The van der Waals surface area contributed by atoms with Crippen LogP contribution in [0, 0.1) is 5.82 Å². The van der Waals surface area contributed by atoms with Crippen molar-refractivity contribution in [3.8, 4) is 0 Å². The Morgan fingerprint density at radius 1 is 1.15 bits per heavy atom. The molecule has 2 aromatic rings. The van der Waals surface area contributed by atoms with E-state index in [0.29, 0.717) is 29.8 Å². The van der Waals surface area contributed by atoms with Crippen molar-refractivity contribution in [2.75, 3.05) is 18.4 Å². The lowest BCUT2D eigenvalue weighted by Gasteiger charge is -2.12. The van der Waals surface area contributed by atoms with Gasteiger partial charge in [-0.3, -0.25) is 4.79 Å². The highest BCUT2D eigenvalue weighted by molar-refractivity contribution is 14.0. The van der Waals surface area contributed by atoms with Crippen LogP contribution < -0.4 is 16.0 Å². The van der Waals surface area contributed by atoms with Gasteiger partial charge in [0.15, 0.2) is 5.96 Å². The summed E-state index contributed by atoms with van der Waals surface area (Å²) >= 11 is 6.11. The molecule has 0 radical (unpaired) electrons. The molecule has 0 saturated carbocycles. The molecule has 2 aromatic carbocycles.